The third-order valence-electron chi connectivity index (χ3n) is 2.33. The number of nitrogens with zero attached hydrogens (tertiary/aromatic N) is 1. The van der Waals surface area contributed by atoms with E-state index in [4.69, 9.17) is 11.6 Å². The molecule has 0 aromatic carbocycles. The van der Waals surface area contributed by atoms with Gasteiger partial charge in [-0.1, -0.05) is 26.2 Å². The van der Waals surface area contributed by atoms with Gasteiger partial charge in [-0.25, -0.2) is 0 Å². The van der Waals surface area contributed by atoms with E-state index in [1.807, 2.05) is 24.5 Å². The lowest BCUT2D eigenvalue weighted by atomic mass is 10.1. The van der Waals surface area contributed by atoms with Gasteiger partial charge in [0.1, 0.15) is 0 Å². The van der Waals surface area contributed by atoms with E-state index < -0.39 is 0 Å². The van der Waals surface area contributed by atoms with Crippen LogP contribution in [0.25, 0.3) is 0 Å². The molecule has 0 radical (unpaired) electrons. The maximum absolute atomic E-state index is 6.23. The molecule has 78 valence electrons. The lowest BCUT2D eigenvalue weighted by molar-refractivity contribution is 0.638. The summed E-state index contributed by atoms with van der Waals surface area (Å²) < 4.78 is 0. The third kappa shape index (κ3) is 4.61. The highest BCUT2D eigenvalue weighted by Gasteiger charge is 2.04. The summed E-state index contributed by atoms with van der Waals surface area (Å²) in [5.41, 5.74) is 1.29. The Balaban J connectivity index is 2.23. The van der Waals surface area contributed by atoms with Gasteiger partial charge in [-0.3, -0.25) is 4.98 Å². The van der Waals surface area contributed by atoms with Gasteiger partial charge in [0.2, 0.25) is 0 Å². The molecule has 2 heteroatoms. The molecule has 1 atom stereocenters. The minimum absolute atomic E-state index is 0.281. The Morgan fingerprint density at radius 2 is 2.00 bits per heavy atom. The van der Waals surface area contributed by atoms with E-state index in [0.29, 0.717) is 0 Å². The Morgan fingerprint density at radius 3 is 2.64 bits per heavy atom. The SMILES string of the molecule is CCCCCC(Cl)Cc1ccncc1. The second-order valence-corrected chi connectivity index (χ2v) is 4.27. The van der Waals surface area contributed by atoms with Gasteiger partial charge < -0.3 is 0 Å². The molecule has 1 unspecified atom stereocenters. The zero-order valence-electron chi connectivity index (χ0n) is 8.75. The normalized spacial score (nSPS) is 12.7. The second kappa shape index (κ2) is 6.83. The quantitative estimate of drug-likeness (QED) is 0.515. The molecule has 0 aliphatic heterocycles. The Bertz CT molecular complexity index is 235. The number of rotatable bonds is 6. The minimum Gasteiger partial charge on any atom is -0.265 e. The molecule has 0 aliphatic carbocycles. The first kappa shape index (κ1) is 11.5. The summed E-state index contributed by atoms with van der Waals surface area (Å²) in [5, 5.41) is 0.281. The molecule has 14 heavy (non-hydrogen) atoms. The summed E-state index contributed by atoms with van der Waals surface area (Å²) in [7, 11) is 0. The zero-order valence-corrected chi connectivity index (χ0v) is 9.50. The predicted molar refractivity (Wildman–Crippen MR) is 61.7 cm³/mol. The highest BCUT2D eigenvalue weighted by Crippen LogP contribution is 2.14. The Hall–Kier alpha value is -0.560. The molecule has 0 aliphatic rings. The fourth-order valence-corrected chi connectivity index (χ4v) is 1.82. The molecule has 0 spiro atoms. The molecule has 1 heterocycles. The Kier molecular flexibility index (Phi) is 5.62. The van der Waals surface area contributed by atoms with Crippen LogP contribution in [-0.2, 0) is 6.42 Å². The van der Waals surface area contributed by atoms with Crippen molar-refractivity contribution in [1.82, 2.24) is 4.98 Å². The van der Waals surface area contributed by atoms with Gasteiger partial charge in [0.05, 0.1) is 0 Å². The summed E-state index contributed by atoms with van der Waals surface area (Å²) in [5.74, 6) is 0. The van der Waals surface area contributed by atoms with Crippen molar-refractivity contribution < 1.29 is 0 Å². The summed E-state index contributed by atoms with van der Waals surface area (Å²) in [6.45, 7) is 2.21. The van der Waals surface area contributed by atoms with Crippen molar-refractivity contribution in [3.8, 4) is 0 Å². The first-order valence-electron chi connectivity index (χ1n) is 5.36. The van der Waals surface area contributed by atoms with E-state index >= 15 is 0 Å². The number of alkyl halides is 1. The van der Waals surface area contributed by atoms with Crippen LogP contribution in [0.4, 0.5) is 0 Å². The van der Waals surface area contributed by atoms with E-state index in [9.17, 15) is 0 Å². The third-order valence-corrected chi connectivity index (χ3v) is 2.70. The molecule has 1 aromatic heterocycles. The van der Waals surface area contributed by atoms with Crippen molar-refractivity contribution in [2.45, 2.75) is 44.4 Å². The summed E-state index contributed by atoms with van der Waals surface area (Å²) >= 11 is 6.23. The zero-order chi connectivity index (χ0) is 10.2. The van der Waals surface area contributed by atoms with E-state index in [-0.39, 0.29) is 5.38 Å². The van der Waals surface area contributed by atoms with Crippen LogP contribution in [0.3, 0.4) is 0 Å². The van der Waals surface area contributed by atoms with Crippen LogP contribution in [-0.4, -0.2) is 10.4 Å². The number of aromatic nitrogens is 1. The van der Waals surface area contributed by atoms with Crippen LogP contribution >= 0.6 is 11.6 Å². The number of halogens is 1. The molecule has 0 fully saturated rings. The van der Waals surface area contributed by atoms with Crippen LogP contribution < -0.4 is 0 Å². The molecular formula is C12H18ClN. The van der Waals surface area contributed by atoms with Crippen molar-refractivity contribution >= 4 is 11.6 Å². The molecule has 0 N–H and O–H groups in total. The Labute approximate surface area is 91.5 Å². The predicted octanol–water partition coefficient (Wildman–Crippen LogP) is 3.81. The van der Waals surface area contributed by atoms with E-state index in [2.05, 4.69) is 11.9 Å². The van der Waals surface area contributed by atoms with Gasteiger partial charge in [-0.05, 0) is 30.5 Å². The van der Waals surface area contributed by atoms with E-state index in [0.717, 1.165) is 12.8 Å². The first-order chi connectivity index (χ1) is 6.83. The van der Waals surface area contributed by atoms with Crippen molar-refractivity contribution in [2.75, 3.05) is 0 Å². The standard InChI is InChI=1S/C12H18ClN/c1-2-3-4-5-12(13)10-11-6-8-14-9-7-11/h6-9,12H,2-5,10H2,1H3. The van der Waals surface area contributed by atoms with Gasteiger partial charge in [0.25, 0.3) is 0 Å². The summed E-state index contributed by atoms with van der Waals surface area (Å²) in [6.07, 6.45) is 9.54. The van der Waals surface area contributed by atoms with E-state index in [1.54, 1.807) is 0 Å². The average molecular weight is 212 g/mol. The molecule has 1 aromatic rings. The fourth-order valence-electron chi connectivity index (χ4n) is 1.49. The maximum Gasteiger partial charge on any atom is 0.0376 e. The molecular weight excluding hydrogens is 194 g/mol. The van der Waals surface area contributed by atoms with Crippen LogP contribution in [0.5, 0.6) is 0 Å². The highest BCUT2D eigenvalue weighted by atomic mass is 35.5. The highest BCUT2D eigenvalue weighted by molar-refractivity contribution is 6.20. The molecule has 0 bridgehead atoms. The molecule has 0 saturated carbocycles. The lowest BCUT2D eigenvalue weighted by Crippen LogP contribution is -2.03. The molecule has 1 nitrogen and oxygen atoms in total. The van der Waals surface area contributed by atoms with Crippen molar-refractivity contribution in [1.29, 1.82) is 0 Å². The minimum atomic E-state index is 0.281. The average Bonchev–Trinajstić information content (AvgIpc) is 2.20. The largest absolute Gasteiger partial charge is 0.265 e. The maximum atomic E-state index is 6.23. The van der Waals surface area contributed by atoms with Gasteiger partial charge in [0, 0.05) is 17.8 Å². The van der Waals surface area contributed by atoms with Crippen LogP contribution in [0, 0.1) is 0 Å². The smallest absolute Gasteiger partial charge is 0.0376 e. The monoisotopic (exact) mass is 211 g/mol. The van der Waals surface area contributed by atoms with Gasteiger partial charge in [0.15, 0.2) is 0 Å². The number of hydrogen-bond donors (Lipinski definition) is 0. The Morgan fingerprint density at radius 1 is 1.29 bits per heavy atom. The van der Waals surface area contributed by atoms with Gasteiger partial charge >= 0.3 is 0 Å². The van der Waals surface area contributed by atoms with Crippen molar-refractivity contribution in [2.24, 2.45) is 0 Å². The molecule has 0 saturated heterocycles. The first-order valence-corrected chi connectivity index (χ1v) is 5.79. The van der Waals surface area contributed by atoms with Crippen LogP contribution in [0.15, 0.2) is 24.5 Å². The van der Waals surface area contributed by atoms with Crippen molar-refractivity contribution in [3.63, 3.8) is 0 Å². The summed E-state index contributed by atoms with van der Waals surface area (Å²) in [4.78, 5) is 3.99. The van der Waals surface area contributed by atoms with Crippen LogP contribution in [0.1, 0.15) is 38.2 Å². The fraction of sp³-hybridized carbons (Fsp3) is 0.583. The van der Waals surface area contributed by atoms with Crippen molar-refractivity contribution in [3.05, 3.63) is 30.1 Å². The lowest BCUT2D eigenvalue weighted by Gasteiger charge is -2.08. The topological polar surface area (TPSA) is 12.9 Å². The van der Waals surface area contributed by atoms with Crippen LogP contribution in [0.2, 0.25) is 0 Å². The van der Waals surface area contributed by atoms with Gasteiger partial charge in [-0.2, -0.15) is 0 Å². The summed E-state index contributed by atoms with van der Waals surface area (Å²) in [6, 6.07) is 4.07. The molecule has 1 rings (SSSR count). The van der Waals surface area contributed by atoms with E-state index in [1.165, 1.54) is 24.8 Å². The molecule has 0 amide bonds. The number of hydrogen-bond acceptors (Lipinski definition) is 1. The number of pyridine rings is 1. The van der Waals surface area contributed by atoms with Gasteiger partial charge in [-0.15, -0.1) is 11.6 Å². The number of unbranched alkanes of at least 4 members (excludes halogenated alkanes) is 2. The second-order valence-electron chi connectivity index (χ2n) is 3.65.